The van der Waals surface area contributed by atoms with Crippen molar-refractivity contribution in [1.29, 1.82) is 0 Å². The maximum Gasteiger partial charge on any atom is 0.408 e. The van der Waals surface area contributed by atoms with E-state index >= 15 is 0 Å². The molecule has 0 saturated heterocycles. The first kappa shape index (κ1) is 21.4. The zero-order valence-electron chi connectivity index (χ0n) is 16.3. The molecule has 0 bridgehead atoms. The van der Waals surface area contributed by atoms with E-state index in [0.29, 0.717) is 6.42 Å². The van der Waals surface area contributed by atoms with E-state index in [2.05, 4.69) is 10.6 Å². The number of rotatable bonds is 9. The quantitative estimate of drug-likeness (QED) is 0.620. The summed E-state index contributed by atoms with van der Waals surface area (Å²) < 4.78 is 5.21. The minimum absolute atomic E-state index is 0.131. The number of benzene rings is 2. The van der Waals surface area contributed by atoms with Crippen molar-refractivity contribution in [1.82, 2.24) is 10.6 Å². The van der Waals surface area contributed by atoms with E-state index in [4.69, 9.17) is 4.74 Å². The molecule has 1 unspecified atom stereocenters. The van der Waals surface area contributed by atoms with Gasteiger partial charge in [-0.1, -0.05) is 74.5 Å². The molecular formula is C22H28N2O4. The third-order valence-corrected chi connectivity index (χ3v) is 4.33. The first-order valence-corrected chi connectivity index (χ1v) is 9.42. The summed E-state index contributed by atoms with van der Waals surface area (Å²) in [6.45, 7) is 3.62. The largest absolute Gasteiger partial charge is 0.445 e. The van der Waals surface area contributed by atoms with Crippen LogP contribution in [0.5, 0.6) is 0 Å². The number of amides is 2. The molecule has 0 aliphatic rings. The minimum Gasteiger partial charge on any atom is -0.445 e. The van der Waals surface area contributed by atoms with Crippen LogP contribution in [0.3, 0.4) is 0 Å². The highest BCUT2D eigenvalue weighted by Gasteiger charge is 2.26. The predicted molar refractivity (Wildman–Crippen MR) is 108 cm³/mol. The Hall–Kier alpha value is -2.86. The van der Waals surface area contributed by atoms with E-state index in [1.165, 1.54) is 0 Å². The van der Waals surface area contributed by atoms with Crippen LogP contribution in [-0.2, 0) is 22.6 Å². The molecule has 3 N–H and O–H groups in total. The van der Waals surface area contributed by atoms with Gasteiger partial charge >= 0.3 is 6.09 Å². The van der Waals surface area contributed by atoms with Gasteiger partial charge in [0.25, 0.3) is 0 Å². The molecule has 2 aromatic carbocycles. The highest BCUT2D eigenvalue weighted by molar-refractivity contribution is 5.86. The fourth-order valence-electron chi connectivity index (χ4n) is 2.78. The Morgan fingerprint density at radius 2 is 1.50 bits per heavy atom. The van der Waals surface area contributed by atoms with Gasteiger partial charge in [-0.3, -0.25) is 4.79 Å². The summed E-state index contributed by atoms with van der Waals surface area (Å²) in [5, 5.41) is 15.1. The molecule has 28 heavy (non-hydrogen) atoms. The van der Waals surface area contributed by atoms with Crippen molar-refractivity contribution in [2.75, 3.05) is 6.61 Å². The average Bonchev–Trinajstić information content (AvgIpc) is 2.71. The Morgan fingerprint density at radius 1 is 0.929 bits per heavy atom. The lowest BCUT2D eigenvalue weighted by Gasteiger charge is -2.24. The van der Waals surface area contributed by atoms with Crippen LogP contribution in [0.2, 0.25) is 0 Å². The number of aliphatic hydroxyl groups is 1. The van der Waals surface area contributed by atoms with Gasteiger partial charge in [0, 0.05) is 0 Å². The van der Waals surface area contributed by atoms with Crippen molar-refractivity contribution in [3.05, 3.63) is 71.8 Å². The lowest BCUT2D eigenvalue weighted by atomic mass is 10.0. The normalized spacial score (nSPS) is 12.9. The summed E-state index contributed by atoms with van der Waals surface area (Å²) in [7, 11) is 0. The van der Waals surface area contributed by atoms with Gasteiger partial charge in [0.15, 0.2) is 0 Å². The number of carbonyl (C=O) groups is 2. The smallest absolute Gasteiger partial charge is 0.408 e. The summed E-state index contributed by atoms with van der Waals surface area (Å²) in [5.41, 5.74) is 1.88. The molecule has 6 nitrogen and oxygen atoms in total. The van der Waals surface area contributed by atoms with Gasteiger partial charge in [0.1, 0.15) is 12.6 Å². The molecule has 0 radical (unpaired) electrons. The van der Waals surface area contributed by atoms with E-state index < -0.39 is 18.2 Å². The molecule has 2 rings (SSSR count). The third kappa shape index (κ3) is 7.04. The molecule has 0 aliphatic heterocycles. The number of alkyl carbamates (subject to hydrolysis) is 1. The van der Waals surface area contributed by atoms with Crippen LogP contribution < -0.4 is 10.6 Å². The number of hydrogen-bond acceptors (Lipinski definition) is 4. The Kier molecular flexibility index (Phi) is 8.49. The van der Waals surface area contributed by atoms with E-state index in [0.717, 1.165) is 11.1 Å². The molecule has 0 aliphatic carbocycles. The van der Waals surface area contributed by atoms with E-state index in [1.54, 1.807) is 0 Å². The van der Waals surface area contributed by atoms with E-state index in [-0.39, 0.29) is 25.0 Å². The van der Waals surface area contributed by atoms with Crippen molar-refractivity contribution in [3.63, 3.8) is 0 Å². The number of aliphatic hydroxyl groups excluding tert-OH is 1. The molecule has 0 fully saturated rings. The maximum atomic E-state index is 12.7. The fourth-order valence-corrected chi connectivity index (χ4v) is 2.78. The van der Waals surface area contributed by atoms with Crippen LogP contribution in [0.25, 0.3) is 0 Å². The Bertz CT molecular complexity index is 735. The topological polar surface area (TPSA) is 87.7 Å². The van der Waals surface area contributed by atoms with Crippen LogP contribution >= 0.6 is 0 Å². The van der Waals surface area contributed by atoms with Crippen LogP contribution in [0.4, 0.5) is 4.79 Å². The molecule has 150 valence electrons. The summed E-state index contributed by atoms with van der Waals surface area (Å²) >= 11 is 0. The second-order valence-corrected chi connectivity index (χ2v) is 7.01. The molecule has 2 aromatic rings. The second kappa shape index (κ2) is 11.1. The summed E-state index contributed by atoms with van der Waals surface area (Å²) in [6.07, 6.45) is -0.145. The van der Waals surface area contributed by atoms with Crippen LogP contribution in [0.15, 0.2) is 60.7 Å². The van der Waals surface area contributed by atoms with E-state index in [1.807, 2.05) is 74.5 Å². The highest BCUT2D eigenvalue weighted by Crippen LogP contribution is 2.07. The maximum absolute atomic E-state index is 12.7. The van der Waals surface area contributed by atoms with Gasteiger partial charge in [-0.2, -0.15) is 0 Å². The van der Waals surface area contributed by atoms with Crippen molar-refractivity contribution in [3.8, 4) is 0 Å². The summed E-state index contributed by atoms with van der Waals surface area (Å²) in [6, 6.07) is 17.7. The molecule has 0 aromatic heterocycles. The van der Waals surface area contributed by atoms with Crippen LogP contribution in [0, 0.1) is 5.92 Å². The van der Waals surface area contributed by atoms with Gasteiger partial charge in [0.05, 0.1) is 12.6 Å². The van der Waals surface area contributed by atoms with Gasteiger partial charge in [-0.25, -0.2) is 4.79 Å². The second-order valence-electron chi connectivity index (χ2n) is 7.01. The third-order valence-electron chi connectivity index (χ3n) is 4.33. The Balaban J connectivity index is 1.90. The SMILES string of the molecule is CC(C)[C@H](NC(=O)OCc1ccccc1)C(=O)NC(CO)Cc1ccccc1. The average molecular weight is 384 g/mol. The van der Waals surface area contributed by atoms with Crippen molar-refractivity contribution >= 4 is 12.0 Å². The first-order chi connectivity index (χ1) is 13.5. The van der Waals surface area contributed by atoms with Gasteiger partial charge in [-0.05, 0) is 23.5 Å². The first-order valence-electron chi connectivity index (χ1n) is 9.42. The van der Waals surface area contributed by atoms with Crippen molar-refractivity contribution in [2.45, 2.75) is 39.0 Å². The van der Waals surface area contributed by atoms with Gasteiger partial charge in [0.2, 0.25) is 5.91 Å². The number of nitrogens with one attached hydrogen (secondary N) is 2. The Labute approximate surface area is 165 Å². The lowest BCUT2D eigenvalue weighted by Crippen LogP contribution is -2.53. The van der Waals surface area contributed by atoms with Gasteiger partial charge in [-0.15, -0.1) is 0 Å². The molecule has 2 amide bonds. The molecular weight excluding hydrogens is 356 g/mol. The number of ether oxygens (including phenoxy) is 1. The number of hydrogen-bond donors (Lipinski definition) is 3. The van der Waals surface area contributed by atoms with Crippen LogP contribution in [-0.4, -0.2) is 35.8 Å². The summed E-state index contributed by atoms with van der Waals surface area (Å²) in [4.78, 5) is 24.8. The number of carbonyl (C=O) groups excluding carboxylic acids is 2. The standard InChI is InChI=1S/C22H28N2O4/c1-16(2)20(24-22(27)28-15-18-11-7-4-8-12-18)21(26)23-19(14-25)13-17-9-5-3-6-10-17/h3-12,16,19-20,25H,13-15H2,1-2H3,(H,23,26)(H,24,27)/t19?,20-/m0/s1. The fraction of sp³-hybridized carbons (Fsp3) is 0.364. The molecule has 2 atom stereocenters. The minimum atomic E-state index is -0.756. The lowest BCUT2D eigenvalue weighted by molar-refractivity contribution is -0.125. The zero-order chi connectivity index (χ0) is 20.4. The van der Waals surface area contributed by atoms with Crippen molar-refractivity contribution in [2.24, 2.45) is 5.92 Å². The highest BCUT2D eigenvalue weighted by atomic mass is 16.5. The molecule has 0 spiro atoms. The van der Waals surface area contributed by atoms with Crippen molar-refractivity contribution < 1.29 is 19.4 Å². The summed E-state index contributed by atoms with van der Waals surface area (Å²) in [5.74, 6) is -0.484. The van der Waals surface area contributed by atoms with E-state index in [9.17, 15) is 14.7 Å². The monoisotopic (exact) mass is 384 g/mol. The van der Waals surface area contributed by atoms with Crippen LogP contribution in [0.1, 0.15) is 25.0 Å². The predicted octanol–water partition coefficient (Wildman–Crippen LogP) is 2.66. The van der Waals surface area contributed by atoms with Gasteiger partial charge < -0.3 is 20.5 Å². The Morgan fingerprint density at radius 3 is 2.04 bits per heavy atom. The molecule has 0 heterocycles. The molecule has 6 heteroatoms. The zero-order valence-corrected chi connectivity index (χ0v) is 16.3. The molecule has 0 saturated carbocycles.